The van der Waals surface area contributed by atoms with Crippen LogP contribution in [0.2, 0.25) is 0 Å². The summed E-state index contributed by atoms with van der Waals surface area (Å²) in [5.74, 6) is 0.918. The molecule has 3 N–H and O–H groups in total. The van der Waals surface area contributed by atoms with Gasteiger partial charge in [0.05, 0.1) is 23.0 Å². The van der Waals surface area contributed by atoms with E-state index >= 15 is 0 Å². The Morgan fingerprint density at radius 3 is 2.63 bits per heavy atom. The van der Waals surface area contributed by atoms with Gasteiger partial charge in [0, 0.05) is 6.04 Å². The molecule has 0 bridgehead atoms. The maximum atomic E-state index is 8.83. The Morgan fingerprint density at radius 1 is 1.32 bits per heavy atom. The number of rotatable bonds is 4. The van der Waals surface area contributed by atoms with Crippen LogP contribution >= 0.6 is 0 Å². The molecule has 1 saturated carbocycles. The Balaban J connectivity index is 1.91. The highest BCUT2D eigenvalue weighted by Gasteiger charge is 2.20. The van der Waals surface area contributed by atoms with Gasteiger partial charge in [-0.15, -0.1) is 0 Å². The van der Waals surface area contributed by atoms with Crippen molar-refractivity contribution < 1.29 is 0 Å². The second-order valence-electron chi connectivity index (χ2n) is 5.56. The van der Waals surface area contributed by atoms with Gasteiger partial charge in [-0.25, -0.2) is 0 Å². The first kappa shape index (κ1) is 13.7. The third-order valence-corrected chi connectivity index (χ3v) is 4.08. The van der Waals surface area contributed by atoms with Gasteiger partial charge < -0.3 is 11.1 Å². The zero-order valence-electron chi connectivity index (χ0n) is 11.7. The van der Waals surface area contributed by atoms with Crippen LogP contribution in [0.25, 0.3) is 0 Å². The van der Waals surface area contributed by atoms with Crippen LogP contribution in [-0.4, -0.2) is 6.04 Å². The highest BCUT2D eigenvalue weighted by molar-refractivity contribution is 5.68. The van der Waals surface area contributed by atoms with Gasteiger partial charge in [0.15, 0.2) is 0 Å². The van der Waals surface area contributed by atoms with E-state index in [1.165, 1.54) is 38.5 Å². The summed E-state index contributed by atoms with van der Waals surface area (Å²) < 4.78 is 0. The van der Waals surface area contributed by atoms with Crippen molar-refractivity contribution >= 4 is 11.4 Å². The van der Waals surface area contributed by atoms with Gasteiger partial charge in [0.25, 0.3) is 0 Å². The van der Waals surface area contributed by atoms with E-state index in [2.05, 4.69) is 18.3 Å². The Hall–Kier alpha value is -1.69. The van der Waals surface area contributed by atoms with Crippen LogP contribution in [0.1, 0.15) is 51.0 Å². The fourth-order valence-electron chi connectivity index (χ4n) is 2.99. The summed E-state index contributed by atoms with van der Waals surface area (Å²) in [4.78, 5) is 0. The van der Waals surface area contributed by atoms with Crippen LogP contribution in [0.15, 0.2) is 18.2 Å². The molecule has 0 spiro atoms. The smallest absolute Gasteiger partial charge is 0.0992 e. The summed E-state index contributed by atoms with van der Waals surface area (Å²) in [7, 11) is 0. The van der Waals surface area contributed by atoms with Crippen LogP contribution in [0.4, 0.5) is 11.4 Å². The maximum Gasteiger partial charge on any atom is 0.0992 e. The van der Waals surface area contributed by atoms with Gasteiger partial charge in [-0.1, -0.05) is 19.8 Å². The molecule has 3 heteroatoms. The number of anilines is 2. The molecule has 0 radical (unpaired) electrons. The van der Waals surface area contributed by atoms with Crippen molar-refractivity contribution in [2.24, 2.45) is 5.92 Å². The summed E-state index contributed by atoms with van der Waals surface area (Å²) in [5.41, 5.74) is 8.24. The van der Waals surface area contributed by atoms with Crippen molar-refractivity contribution in [3.8, 4) is 6.07 Å². The molecule has 0 aliphatic heterocycles. The van der Waals surface area contributed by atoms with E-state index in [9.17, 15) is 0 Å². The lowest BCUT2D eigenvalue weighted by Crippen LogP contribution is -2.26. The predicted octanol–water partition coefficient (Wildman–Crippen LogP) is 3.91. The minimum atomic E-state index is 0.531. The normalized spacial score (nSPS) is 22.7. The molecular weight excluding hydrogens is 234 g/mol. The van der Waals surface area contributed by atoms with Crippen LogP contribution < -0.4 is 11.1 Å². The molecule has 0 saturated heterocycles. The highest BCUT2D eigenvalue weighted by atomic mass is 14.9. The number of nitriles is 1. The third kappa shape index (κ3) is 3.64. The molecule has 0 amide bonds. The maximum absolute atomic E-state index is 8.83. The van der Waals surface area contributed by atoms with Gasteiger partial charge in [-0.3, -0.25) is 0 Å². The van der Waals surface area contributed by atoms with Gasteiger partial charge in [-0.2, -0.15) is 5.26 Å². The van der Waals surface area contributed by atoms with E-state index in [1.807, 2.05) is 12.1 Å². The molecule has 1 aliphatic rings. The van der Waals surface area contributed by atoms with E-state index in [1.54, 1.807) is 6.07 Å². The number of benzene rings is 1. The summed E-state index contributed by atoms with van der Waals surface area (Å²) >= 11 is 0. The summed E-state index contributed by atoms with van der Waals surface area (Å²) in [6.45, 7) is 2.27. The van der Waals surface area contributed by atoms with Crippen LogP contribution in [0.5, 0.6) is 0 Å². The predicted molar refractivity (Wildman–Crippen MR) is 79.8 cm³/mol. The van der Waals surface area contributed by atoms with E-state index in [0.717, 1.165) is 11.6 Å². The first-order chi connectivity index (χ1) is 9.22. The number of hydrogen-bond acceptors (Lipinski definition) is 3. The molecule has 1 aliphatic carbocycles. The molecule has 2 rings (SSSR count). The number of nitrogens with zero attached hydrogens (tertiary/aromatic N) is 1. The molecule has 0 unspecified atom stereocenters. The number of hydrogen-bond donors (Lipinski definition) is 2. The minimum Gasteiger partial charge on any atom is -0.397 e. The Labute approximate surface area is 115 Å². The fourth-order valence-corrected chi connectivity index (χ4v) is 2.99. The molecular formula is C16H23N3. The van der Waals surface area contributed by atoms with Crippen LogP contribution in [-0.2, 0) is 0 Å². The molecule has 1 fully saturated rings. The Bertz CT molecular complexity index is 454. The van der Waals surface area contributed by atoms with E-state index in [0.29, 0.717) is 17.3 Å². The number of nitrogens with one attached hydrogen (secondary N) is 1. The van der Waals surface area contributed by atoms with Gasteiger partial charge >= 0.3 is 0 Å². The summed E-state index contributed by atoms with van der Waals surface area (Å²) in [5, 5.41) is 12.4. The Kier molecular flexibility index (Phi) is 4.68. The molecule has 1 aromatic carbocycles. The second-order valence-corrected chi connectivity index (χ2v) is 5.56. The SMILES string of the molecule is CCCC1CCC(Nc2ccc(C#N)cc2N)CC1. The van der Waals surface area contributed by atoms with Crippen molar-refractivity contribution in [3.63, 3.8) is 0 Å². The fraction of sp³-hybridized carbons (Fsp3) is 0.562. The molecule has 19 heavy (non-hydrogen) atoms. The first-order valence-corrected chi connectivity index (χ1v) is 7.29. The molecule has 102 valence electrons. The first-order valence-electron chi connectivity index (χ1n) is 7.29. The zero-order chi connectivity index (χ0) is 13.7. The van der Waals surface area contributed by atoms with E-state index in [-0.39, 0.29) is 0 Å². The molecule has 3 nitrogen and oxygen atoms in total. The lowest BCUT2D eigenvalue weighted by atomic mass is 9.83. The van der Waals surface area contributed by atoms with Gasteiger partial charge in [-0.05, 0) is 49.8 Å². The molecule has 0 aromatic heterocycles. The molecule has 0 heterocycles. The van der Waals surface area contributed by atoms with Crippen molar-refractivity contribution in [3.05, 3.63) is 23.8 Å². The van der Waals surface area contributed by atoms with E-state index in [4.69, 9.17) is 11.0 Å². The topological polar surface area (TPSA) is 61.8 Å². The average molecular weight is 257 g/mol. The van der Waals surface area contributed by atoms with Crippen molar-refractivity contribution in [2.45, 2.75) is 51.5 Å². The van der Waals surface area contributed by atoms with Crippen molar-refractivity contribution in [1.82, 2.24) is 0 Å². The zero-order valence-corrected chi connectivity index (χ0v) is 11.7. The third-order valence-electron chi connectivity index (χ3n) is 4.08. The highest BCUT2D eigenvalue weighted by Crippen LogP contribution is 2.30. The largest absolute Gasteiger partial charge is 0.397 e. The summed E-state index contributed by atoms with van der Waals surface area (Å²) in [6, 6.07) is 8.13. The number of nitrogen functional groups attached to an aromatic ring is 1. The monoisotopic (exact) mass is 257 g/mol. The molecule has 1 aromatic rings. The lowest BCUT2D eigenvalue weighted by Gasteiger charge is -2.30. The van der Waals surface area contributed by atoms with Gasteiger partial charge in [0.1, 0.15) is 0 Å². The quantitative estimate of drug-likeness (QED) is 0.804. The van der Waals surface area contributed by atoms with Crippen molar-refractivity contribution in [2.75, 3.05) is 11.1 Å². The lowest BCUT2D eigenvalue weighted by molar-refractivity contribution is 0.319. The van der Waals surface area contributed by atoms with Gasteiger partial charge in [0.2, 0.25) is 0 Å². The minimum absolute atomic E-state index is 0.531. The number of nitrogens with two attached hydrogens (primary N) is 1. The van der Waals surface area contributed by atoms with E-state index < -0.39 is 0 Å². The van der Waals surface area contributed by atoms with Crippen LogP contribution in [0, 0.1) is 17.2 Å². The summed E-state index contributed by atoms with van der Waals surface area (Å²) in [6.07, 6.45) is 7.76. The average Bonchev–Trinajstić information content (AvgIpc) is 2.43. The Morgan fingerprint density at radius 2 is 2.05 bits per heavy atom. The van der Waals surface area contributed by atoms with Crippen molar-refractivity contribution in [1.29, 1.82) is 5.26 Å². The van der Waals surface area contributed by atoms with Crippen LogP contribution in [0.3, 0.4) is 0 Å². The standard InChI is InChI=1S/C16H23N3/c1-2-3-12-4-7-14(8-5-12)19-16-9-6-13(11-17)10-15(16)18/h6,9-10,12,14,19H,2-5,7-8,18H2,1H3. The second kappa shape index (κ2) is 6.47. The molecule has 0 atom stereocenters.